The quantitative estimate of drug-likeness (QED) is 0.582. The van der Waals surface area contributed by atoms with Gasteiger partial charge in [-0.25, -0.2) is 4.79 Å². The van der Waals surface area contributed by atoms with Gasteiger partial charge in [0.2, 0.25) is 11.8 Å². The van der Waals surface area contributed by atoms with Gasteiger partial charge in [0.25, 0.3) is 0 Å². The molecule has 3 aromatic carbocycles. The molecular formula is C26H25ClN4O3. The lowest BCUT2D eigenvalue weighted by Gasteiger charge is -2.46. The molecule has 0 aliphatic carbocycles. The van der Waals surface area contributed by atoms with Gasteiger partial charge in [0, 0.05) is 16.1 Å². The highest BCUT2D eigenvalue weighted by Gasteiger charge is 2.47. The van der Waals surface area contributed by atoms with Gasteiger partial charge in [-0.15, -0.1) is 0 Å². The van der Waals surface area contributed by atoms with Gasteiger partial charge >= 0.3 is 6.03 Å². The molecule has 2 atom stereocenters. The van der Waals surface area contributed by atoms with Crippen LogP contribution in [0.4, 0.5) is 10.5 Å². The van der Waals surface area contributed by atoms with E-state index in [4.69, 9.17) is 11.6 Å². The number of halogens is 1. The second kappa shape index (κ2) is 9.44. The Balaban J connectivity index is 1.38. The fraction of sp³-hybridized carbons (Fsp3) is 0.269. The molecule has 2 unspecified atom stereocenters. The molecule has 2 aliphatic heterocycles. The minimum absolute atomic E-state index is 0.126. The Morgan fingerprint density at radius 3 is 2.62 bits per heavy atom. The summed E-state index contributed by atoms with van der Waals surface area (Å²) >= 11 is 5.98. The average molecular weight is 477 g/mol. The monoisotopic (exact) mass is 476 g/mol. The number of anilines is 1. The van der Waals surface area contributed by atoms with Gasteiger partial charge in [-0.2, -0.15) is 0 Å². The first kappa shape index (κ1) is 22.4. The molecule has 4 amide bonds. The number of piperidine rings is 1. The molecule has 2 N–H and O–H groups in total. The van der Waals surface area contributed by atoms with Crippen molar-refractivity contribution in [1.29, 1.82) is 0 Å². The summed E-state index contributed by atoms with van der Waals surface area (Å²) in [6, 6.07) is 19.2. The largest absolute Gasteiger partial charge is 0.327 e. The van der Waals surface area contributed by atoms with Gasteiger partial charge in [0.05, 0.1) is 12.6 Å². The Labute approximate surface area is 202 Å². The van der Waals surface area contributed by atoms with Crippen LogP contribution in [0, 0.1) is 0 Å². The van der Waals surface area contributed by atoms with Crippen LogP contribution < -0.4 is 10.6 Å². The Morgan fingerprint density at radius 1 is 1.03 bits per heavy atom. The summed E-state index contributed by atoms with van der Waals surface area (Å²) in [5.41, 5.74) is 1.49. The minimum Gasteiger partial charge on any atom is -0.324 e. The summed E-state index contributed by atoms with van der Waals surface area (Å²) in [6.07, 6.45) is 1.51. The molecule has 7 nitrogen and oxygen atoms in total. The minimum atomic E-state index is -0.524. The van der Waals surface area contributed by atoms with Gasteiger partial charge < -0.3 is 15.5 Å². The van der Waals surface area contributed by atoms with Gasteiger partial charge in [-0.3, -0.25) is 14.5 Å². The number of fused-ring (bicyclic) bond motifs is 2. The third-order valence-electron chi connectivity index (χ3n) is 6.47. The van der Waals surface area contributed by atoms with E-state index in [0.29, 0.717) is 23.7 Å². The van der Waals surface area contributed by atoms with E-state index < -0.39 is 12.1 Å². The van der Waals surface area contributed by atoms with Crippen LogP contribution in [0.5, 0.6) is 0 Å². The zero-order valence-corrected chi connectivity index (χ0v) is 19.3. The zero-order chi connectivity index (χ0) is 23.7. The highest BCUT2D eigenvalue weighted by molar-refractivity contribution is 6.30. The summed E-state index contributed by atoms with van der Waals surface area (Å²) in [5, 5.41) is 8.75. The zero-order valence-electron chi connectivity index (χ0n) is 18.5. The maximum atomic E-state index is 13.5. The second-order valence-electron chi connectivity index (χ2n) is 8.68. The Bertz CT molecular complexity index is 1240. The lowest BCUT2D eigenvalue weighted by atomic mass is 9.93. The van der Waals surface area contributed by atoms with Crippen molar-refractivity contribution in [3.8, 4) is 0 Å². The molecule has 2 fully saturated rings. The van der Waals surface area contributed by atoms with E-state index in [-0.39, 0.29) is 30.9 Å². The van der Waals surface area contributed by atoms with Crippen molar-refractivity contribution in [3.63, 3.8) is 0 Å². The summed E-state index contributed by atoms with van der Waals surface area (Å²) < 4.78 is 0. The normalized spacial score (nSPS) is 20.4. The number of amides is 4. The third-order valence-corrected chi connectivity index (χ3v) is 6.72. The molecule has 174 valence electrons. The van der Waals surface area contributed by atoms with E-state index in [1.54, 1.807) is 24.3 Å². The van der Waals surface area contributed by atoms with Crippen molar-refractivity contribution >= 4 is 45.9 Å². The molecule has 0 spiro atoms. The van der Waals surface area contributed by atoms with Crippen molar-refractivity contribution < 1.29 is 14.4 Å². The predicted octanol–water partition coefficient (Wildman–Crippen LogP) is 4.02. The van der Waals surface area contributed by atoms with E-state index in [1.807, 2.05) is 42.5 Å². The number of nitrogens with zero attached hydrogens (tertiary/aromatic N) is 2. The fourth-order valence-corrected chi connectivity index (χ4v) is 4.93. The first-order chi connectivity index (χ1) is 16.5. The Kier molecular flexibility index (Phi) is 6.22. The standard InChI is InChI=1S/C26H25ClN4O3/c27-19-12-10-17(11-13-19)15-31-25(33)24-22(9-4-14-28-24)30(26(31)34)16-23(32)29-21-8-3-6-18-5-1-2-7-20(18)21/h1-3,5-8,10-13,22,24,28H,4,9,14-16H2,(H,29,32). The Morgan fingerprint density at radius 2 is 1.79 bits per heavy atom. The summed E-state index contributed by atoms with van der Waals surface area (Å²) in [7, 11) is 0. The number of imide groups is 1. The number of carbonyl (C=O) groups is 3. The molecule has 2 aliphatic rings. The summed E-state index contributed by atoms with van der Waals surface area (Å²) in [5.74, 6) is -0.551. The van der Waals surface area contributed by atoms with Crippen molar-refractivity contribution in [3.05, 3.63) is 77.3 Å². The van der Waals surface area contributed by atoms with Crippen LogP contribution in [0.3, 0.4) is 0 Å². The molecule has 8 heteroatoms. The van der Waals surface area contributed by atoms with Crippen molar-refractivity contribution in [2.45, 2.75) is 31.5 Å². The highest BCUT2D eigenvalue weighted by Crippen LogP contribution is 2.27. The lowest BCUT2D eigenvalue weighted by Crippen LogP contribution is -2.70. The van der Waals surface area contributed by atoms with Gasteiger partial charge in [-0.1, -0.05) is 60.1 Å². The van der Waals surface area contributed by atoms with E-state index in [1.165, 1.54) is 9.80 Å². The number of hydrogen-bond donors (Lipinski definition) is 2. The smallest absolute Gasteiger partial charge is 0.324 e. The van der Waals surface area contributed by atoms with Crippen molar-refractivity contribution in [2.75, 3.05) is 18.4 Å². The van der Waals surface area contributed by atoms with Crippen molar-refractivity contribution in [2.24, 2.45) is 0 Å². The van der Waals surface area contributed by atoms with E-state index in [9.17, 15) is 14.4 Å². The molecular weight excluding hydrogens is 452 g/mol. The summed E-state index contributed by atoms with van der Waals surface area (Å²) in [6.45, 7) is 0.697. The number of nitrogens with one attached hydrogen (secondary N) is 2. The molecule has 2 saturated heterocycles. The topological polar surface area (TPSA) is 81.8 Å². The molecule has 0 bridgehead atoms. The van der Waals surface area contributed by atoms with Crippen LogP contribution in [0.25, 0.3) is 10.8 Å². The van der Waals surface area contributed by atoms with Crippen LogP contribution in [0.1, 0.15) is 18.4 Å². The van der Waals surface area contributed by atoms with Gasteiger partial charge in [0.15, 0.2) is 0 Å². The Hall–Kier alpha value is -3.42. The van der Waals surface area contributed by atoms with Gasteiger partial charge in [0.1, 0.15) is 12.6 Å². The average Bonchev–Trinajstić information content (AvgIpc) is 2.86. The number of benzene rings is 3. The number of urea groups is 1. The SMILES string of the molecule is O=C(CN1C(=O)N(Cc2ccc(Cl)cc2)C(=O)C2NCCCC21)Nc1cccc2ccccc12. The van der Waals surface area contributed by atoms with Crippen LogP contribution in [-0.4, -0.2) is 52.8 Å². The maximum absolute atomic E-state index is 13.5. The first-order valence-corrected chi connectivity index (χ1v) is 11.8. The second-order valence-corrected chi connectivity index (χ2v) is 9.11. The van der Waals surface area contributed by atoms with E-state index in [2.05, 4.69) is 10.6 Å². The fourth-order valence-electron chi connectivity index (χ4n) is 4.80. The predicted molar refractivity (Wildman–Crippen MR) is 131 cm³/mol. The molecule has 5 rings (SSSR count). The highest BCUT2D eigenvalue weighted by atomic mass is 35.5. The molecule has 34 heavy (non-hydrogen) atoms. The van der Waals surface area contributed by atoms with E-state index >= 15 is 0 Å². The number of rotatable bonds is 5. The molecule has 0 saturated carbocycles. The molecule has 3 aromatic rings. The van der Waals surface area contributed by atoms with Crippen LogP contribution in [0.15, 0.2) is 66.7 Å². The number of hydrogen-bond acceptors (Lipinski definition) is 4. The molecule has 2 heterocycles. The first-order valence-electron chi connectivity index (χ1n) is 11.4. The van der Waals surface area contributed by atoms with Gasteiger partial charge in [-0.05, 0) is 48.5 Å². The molecule has 0 aromatic heterocycles. The van der Waals surface area contributed by atoms with Crippen molar-refractivity contribution in [1.82, 2.24) is 15.1 Å². The van der Waals surface area contributed by atoms with Crippen LogP contribution in [-0.2, 0) is 16.1 Å². The molecule has 0 radical (unpaired) electrons. The summed E-state index contributed by atoms with van der Waals surface area (Å²) in [4.78, 5) is 42.5. The lowest BCUT2D eigenvalue weighted by molar-refractivity contribution is -0.138. The van der Waals surface area contributed by atoms with Crippen LogP contribution >= 0.6 is 11.6 Å². The van der Waals surface area contributed by atoms with Crippen LogP contribution in [0.2, 0.25) is 5.02 Å². The van der Waals surface area contributed by atoms with E-state index in [0.717, 1.165) is 22.8 Å². The third kappa shape index (κ3) is 4.36. The maximum Gasteiger partial charge on any atom is 0.327 e. The number of carbonyl (C=O) groups excluding carboxylic acids is 3.